The Morgan fingerprint density at radius 3 is 2.58 bits per heavy atom. The highest BCUT2D eigenvalue weighted by Gasteiger charge is 2.32. The summed E-state index contributed by atoms with van der Waals surface area (Å²) in [5, 5.41) is 9.81. The molecule has 4 heteroatoms. The predicted octanol–water partition coefficient (Wildman–Crippen LogP) is 2.27. The van der Waals surface area contributed by atoms with Crippen molar-refractivity contribution >= 4 is 5.69 Å². The van der Waals surface area contributed by atoms with Crippen molar-refractivity contribution in [2.24, 2.45) is 5.92 Å². The van der Waals surface area contributed by atoms with Crippen molar-refractivity contribution < 1.29 is 9.50 Å². The van der Waals surface area contributed by atoms with Crippen LogP contribution >= 0.6 is 0 Å². The lowest BCUT2D eigenvalue weighted by molar-refractivity contribution is 0.194. The van der Waals surface area contributed by atoms with Crippen LogP contribution in [0.2, 0.25) is 0 Å². The Morgan fingerprint density at radius 2 is 2.05 bits per heavy atom. The minimum absolute atomic E-state index is 0.326. The molecule has 0 radical (unpaired) electrons. The molecule has 0 saturated carbocycles. The summed E-state index contributed by atoms with van der Waals surface area (Å²) in [5.41, 5.74) is 1.24. The van der Waals surface area contributed by atoms with Crippen molar-refractivity contribution in [3.63, 3.8) is 0 Å². The van der Waals surface area contributed by atoms with Crippen molar-refractivity contribution in [3.8, 4) is 0 Å². The SMILES string of the molecule is CC1CN(c2cccc(F)c2[C@@H](C)O)CC1N(C)C. The molecule has 0 aromatic heterocycles. The summed E-state index contributed by atoms with van der Waals surface area (Å²) in [7, 11) is 4.15. The van der Waals surface area contributed by atoms with Crippen LogP contribution in [0, 0.1) is 11.7 Å². The van der Waals surface area contributed by atoms with Crippen molar-refractivity contribution in [3.05, 3.63) is 29.6 Å². The molecule has 1 fully saturated rings. The van der Waals surface area contributed by atoms with Crippen LogP contribution in [0.3, 0.4) is 0 Å². The summed E-state index contributed by atoms with van der Waals surface area (Å²) in [6, 6.07) is 5.49. The zero-order valence-corrected chi connectivity index (χ0v) is 12.1. The van der Waals surface area contributed by atoms with Gasteiger partial charge in [0.2, 0.25) is 0 Å². The lowest BCUT2D eigenvalue weighted by Crippen LogP contribution is -2.34. The molecule has 19 heavy (non-hydrogen) atoms. The van der Waals surface area contributed by atoms with Gasteiger partial charge in [0.15, 0.2) is 0 Å². The Bertz CT molecular complexity index is 448. The van der Waals surface area contributed by atoms with Crippen LogP contribution in [-0.2, 0) is 0 Å². The van der Waals surface area contributed by atoms with Crippen molar-refractivity contribution in [2.75, 3.05) is 32.1 Å². The largest absolute Gasteiger partial charge is 0.389 e. The number of nitrogens with zero attached hydrogens (tertiary/aromatic N) is 2. The zero-order chi connectivity index (χ0) is 14.2. The maximum atomic E-state index is 13.9. The summed E-state index contributed by atoms with van der Waals surface area (Å²) in [4.78, 5) is 4.40. The van der Waals surface area contributed by atoms with Gasteiger partial charge in [-0.25, -0.2) is 4.39 Å². The molecule has 3 atom stereocenters. The minimum atomic E-state index is -0.787. The smallest absolute Gasteiger partial charge is 0.131 e. The third-order valence-corrected chi connectivity index (χ3v) is 4.02. The molecule has 1 aliphatic heterocycles. The minimum Gasteiger partial charge on any atom is -0.389 e. The number of aliphatic hydroxyl groups is 1. The molecular weight excluding hydrogens is 243 g/mol. The number of anilines is 1. The van der Waals surface area contributed by atoms with Gasteiger partial charge in [-0.15, -0.1) is 0 Å². The Balaban J connectivity index is 2.31. The fraction of sp³-hybridized carbons (Fsp3) is 0.600. The van der Waals surface area contributed by atoms with Gasteiger partial charge in [-0.2, -0.15) is 0 Å². The molecule has 1 aromatic carbocycles. The van der Waals surface area contributed by atoms with Crippen LogP contribution in [0.1, 0.15) is 25.5 Å². The second kappa shape index (κ2) is 5.47. The predicted molar refractivity (Wildman–Crippen MR) is 75.9 cm³/mol. The third-order valence-electron chi connectivity index (χ3n) is 4.02. The van der Waals surface area contributed by atoms with Gasteiger partial charge in [0.1, 0.15) is 5.82 Å². The standard InChI is InChI=1S/C15H23FN2O/c1-10-8-18(9-14(10)17(3)4)13-7-5-6-12(16)15(13)11(2)19/h5-7,10-11,14,19H,8-9H2,1-4H3/t10?,11-,14?/m1/s1. The van der Waals surface area contributed by atoms with Crippen LogP contribution in [0.5, 0.6) is 0 Å². The summed E-state index contributed by atoms with van der Waals surface area (Å²) < 4.78 is 13.9. The van der Waals surface area contributed by atoms with Crippen LogP contribution in [0.4, 0.5) is 10.1 Å². The Hall–Kier alpha value is -1.13. The fourth-order valence-corrected chi connectivity index (χ4v) is 3.03. The topological polar surface area (TPSA) is 26.7 Å². The van der Waals surface area contributed by atoms with Crippen molar-refractivity contribution in [1.82, 2.24) is 4.90 Å². The number of rotatable bonds is 3. The number of hydrogen-bond acceptors (Lipinski definition) is 3. The summed E-state index contributed by atoms with van der Waals surface area (Å²) in [6.45, 7) is 5.60. The summed E-state index contributed by atoms with van der Waals surface area (Å²) in [6.07, 6.45) is -0.787. The fourth-order valence-electron chi connectivity index (χ4n) is 3.03. The van der Waals surface area contributed by atoms with Gasteiger partial charge in [0, 0.05) is 30.4 Å². The van der Waals surface area contributed by atoms with Gasteiger partial charge >= 0.3 is 0 Å². The summed E-state index contributed by atoms with van der Waals surface area (Å²) in [5.74, 6) is 0.202. The molecule has 1 aromatic rings. The van der Waals surface area contributed by atoms with Crippen molar-refractivity contribution in [1.29, 1.82) is 0 Å². The first kappa shape index (κ1) is 14.3. The monoisotopic (exact) mass is 266 g/mol. The molecular formula is C15H23FN2O. The normalized spacial score (nSPS) is 25.1. The molecule has 0 amide bonds. The highest BCUT2D eigenvalue weighted by atomic mass is 19.1. The van der Waals surface area contributed by atoms with E-state index in [1.807, 2.05) is 6.07 Å². The first-order valence-electron chi connectivity index (χ1n) is 6.79. The van der Waals surface area contributed by atoms with E-state index in [0.29, 0.717) is 17.5 Å². The van der Waals surface area contributed by atoms with E-state index in [-0.39, 0.29) is 5.82 Å². The molecule has 1 saturated heterocycles. The quantitative estimate of drug-likeness (QED) is 0.909. The highest BCUT2D eigenvalue weighted by Crippen LogP contribution is 2.33. The molecule has 0 aliphatic carbocycles. The van der Waals surface area contributed by atoms with Crippen LogP contribution in [-0.4, -0.2) is 43.2 Å². The number of halogens is 1. The first-order chi connectivity index (χ1) is 8.91. The van der Waals surface area contributed by atoms with Gasteiger partial charge in [-0.05, 0) is 39.1 Å². The van der Waals surface area contributed by atoms with Gasteiger partial charge in [-0.1, -0.05) is 13.0 Å². The molecule has 0 spiro atoms. The number of aliphatic hydroxyl groups excluding tert-OH is 1. The molecule has 2 unspecified atom stereocenters. The molecule has 1 heterocycles. The number of benzene rings is 1. The Labute approximate surface area is 114 Å². The number of likely N-dealkylation sites (N-methyl/N-ethyl adjacent to an activating group) is 1. The molecule has 3 nitrogen and oxygen atoms in total. The van der Waals surface area contributed by atoms with E-state index in [0.717, 1.165) is 18.8 Å². The average Bonchev–Trinajstić information content (AvgIpc) is 2.70. The van der Waals surface area contributed by atoms with Gasteiger partial charge < -0.3 is 14.9 Å². The Morgan fingerprint density at radius 1 is 1.37 bits per heavy atom. The van der Waals surface area contributed by atoms with E-state index >= 15 is 0 Å². The Kier molecular flexibility index (Phi) is 4.11. The van der Waals surface area contributed by atoms with E-state index in [4.69, 9.17) is 0 Å². The molecule has 0 bridgehead atoms. The summed E-state index contributed by atoms with van der Waals surface area (Å²) >= 11 is 0. The second-order valence-corrected chi connectivity index (χ2v) is 5.76. The van der Waals surface area contributed by atoms with Gasteiger partial charge in [-0.3, -0.25) is 0 Å². The van der Waals surface area contributed by atoms with E-state index in [1.165, 1.54) is 6.07 Å². The average molecular weight is 266 g/mol. The van der Waals surface area contributed by atoms with Crippen LogP contribution < -0.4 is 4.90 Å². The lowest BCUT2D eigenvalue weighted by atomic mass is 10.1. The van der Waals surface area contributed by atoms with Crippen molar-refractivity contribution in [2.45, 2.75) is 26.0 Å². The van der Waals surface area contributed by atoms with E-state index in [9.17, 15) is 9.50 Å². The first-order valence-corrected chi connectivity index (χ1v) is 6.79. The van der Waals surface area contributed by atoms with E-state index < -0.39 is 6.10 Å². The van der Waals surface area contributed by atoms with Crippen LogP contribution in [0.25, 0.3) is 0 Å². The molecule has 2 rings (SSSR count). The maximum absolute atomic E-state index is 13.9. The molecule has 1 aliphatic rings. The van der Waals surface area contributed by atoms with E-state index in [1.54, 1.807) is 13.0 Å². The van der Waals surface area contributed by atoms with Gasteiger partial charge in [0.05, 0.1) is 6.10 Å². The number of hydrogen-bond donors (Lipinski definition) is 1. The zero-order valence-electron chi connectivity index (χ0n) is 12.1. The van der Waals surface area contributed by atoms with Crippen LogP contribution in [0.15, 0.2) is 18.2 Å². The maximum Gasteiger partial charge on any atom is 0.131 e. The molecule has 1 N–H and O–H groups in total. The van der Waals surface area contributed by atoms with E-state index in [2.05, 4.69) is 30.8 Å². The highest BCUT2D eigenvalue weighted by molar-refractivity contribution is 5.56. The van der Waals surface area contributed by atoms with Gasteiger partial charge in [0.25, 0.3) is 0 Å². The lowest BCUT2D eigenvalue weighted by Gasteiger charge is -2.25. The second-order valence-electron chi connectivity index (χ2n) is 5.76. The third kappa shape index (κ3) is 2.74. The molecule has 106 valence electrons.